The van der Waals surface area contributed by atoms with Crippen LogP contribution in [0.3, 0.4) is 0 Å². The summed E-state index contributed by atoms with van der Waals surface area (Å²) in [5, 5.41) is 9.35. The Bertz CT molecular complexity index is 1210. The average molecular weight is 421 g/mol. The molecule has 154 valence electrons. The first-order chi connectivity index (χ1) is 14.4. The first kappa shape index (κ1) is 20.1. The summed E-state index contributed by atoms with van der Waals surface area (Å²) < 4.78 is 7.49. The van der Waals surface area contributed by atoms with Crippen LogP contribution in [0.4, 0.5) is 5.95 Å². The van der Waals surface area contributed by atoms with Crippen LogP contribution in [0.15, 0.2) is 47.8 Å². The number of carbonyl (C=O) groups excluding carboxylic acids is 1. The number of hydrogen-bond donors (Lipinski definition) is 1. The molecule has 2 aromatic carbocycles. The van der Waals surface area contributed by atoms with E-state index in [0.29, 0.717) is 23.8 Å². The minimum absolute atomic E-state index is 0.267. The highest BCUT2D eigenvalue weighted by atomic mass is 32.1. The number of nitrogens with one attached hydrogen (secondary N) is 1. The van der Waals surface area contributed by atoms with Gasteiger partial charge in [-0.2, -0.15) is 4.98 Å². The highest BCUT2D eigenvalue weighted by Crippen LogP contribution is 2.29. The molecule has 0 radical (unpaired) electrons. The van der Waals surface area contributed by atoms with E-state index in [4.69, 9.17) is 4.74 Å². The maximum atomic E-state index is 12.7. The van der Waals surface area contributed by atoms with Crippen LogP contribution >= 0.6 is 11.3 Å². The average Bonchev–Trinajstić information content (AvgIpc) is 3.27. The van der Waals surface area contributed by atoms with Crippen molar-refractivity contribution in [2.24, 2.45) is 5.92 Å². The number of thiazole rings is 1. The molecule has 1 N–H and O–H groups in total. The largest absolute Gasteiger partial charge is 0.493 e. The van der Waals surface area contributed by atoms with Gasteiger partial charge in [-0.15, -0.1) is 16.4 Å². The summed E-state index contributed by atoms with van der Waals surface area (Å²) in [6.45, 7) is 8.93. The zero-order valence-electron chi connectivity index (χ0n) is 17.5. The molecule has 7 heteroatoms. The van der Waals surface area contributed by atoms with E-state index in [-0.39, 0.29) is 11.9 Å². The molecule has 4 rings (SSSR count). The van der Waals surface area contributed by atoms with E-state index in [0.717, 1.165) is 16.2 Å². The highest BCUT2D eigenvalue weighted by molar-refractivity contribution is 7.15. The molecule has 2 aromatic heterocycles. The lowest BCUT2D eigenvalue weighted by molar-refractivity contribution is 0.102. The first-order valence-corrected chi connectivity index (χ1v) is 10.7. The molecule has 1 amide bonds. The molecule has 0 saturated carbocycles. The maximum Gasteiger partial charge on any atom is 0.258 e. The molecule has 2 heterocycles. The standard InChI is InChI=1S/C23H24N4O2S/c1-14(2)12-29-18-7-5-6-17(11-18)21(28)24-22-25-23-27(26-22)20(13-30-23)19-9-8-15(3)10-16(19)4/h5-11,13-14H,12H2,1-4H3,(H,24,26,28). The fraction of sp³-hybridized carbons (Fsp3) is 0.261. The molecule has 0 atom stereocenters. The summed E-state index contributed by atoms with van der Waals surface area (Å²) in [5.41, 5.74) is 4.96. The fourth-order valence-electron chi connectivity index (χ4n) is 3.18. The Hall–Kier alpha value is -3.19. The van der Waals surface area contributed by atoms with E-state index in [1.165, 1.54) is 22.5 Å². The Morgan fingerprint density at radius 2 is 2.03 bits per heavy atom. The van der Waals surface area contributed by atoms with Gasteiger partial charge in [0.2, 0.25) is 4.96 Å². The minimum atomic E-state index is -0.267. The third-order valence-electron chi connectivity index (χ3n) is 4.64. The predicted octanol–water partition coefficient (Wildman–Crippen LogP) is 5.36. The number of aromatic nitrogens is 3. The van der Waals surface area contributed by atoms with Gasteiger partial charge in [0.05, 0.1) is 12.3 Å². The van der Waals surface area contributed by atoms with Crippen molar-refractivity contribution in [2.45, 2.75) is 27.7 Å². The number of fused-ring (bicyclic) bond motifs is 1. The number of benzene rings is 2. The zero-order valence-corrected chi connectivity index (χ0v) is 18.3. The van der Waals surface area contributed by atoms with Crippen molar-refractivity contribution in [3.05, 3.63) is 64.5 Å². The van der Waals surface area contributed by atoms with Crippen LogP contribution in [0, 0.1) is 19.8 Å². The van der Waals surface area contributed by atoms with Crippen molar-refractivity contribution in [1.82, 2.24) is 14.6 Å². The smallest absolute Gasteiger partial charge is 0.258 e. The summed E-state index contributed by atoms with van der Waals surface area (Å²) in [5.74, 6) is 1.10. The monoisotopic (exact) mass is 420 g/mol. The van der Waals surface area contributed by atoms with Gasteiger partial charge in [-0.1, -0.05) is 43.7 Å². The summed E-state index contributed by atoms with van der Waals surface area (Å²) in [4.78, 5) is 17.9. The molecule has 30 heavy (non-hydrogen) atoms. The lowest BCUT2D eigenvalue weighted by Crippen LogP contribution is -2.13. The lowest BCUT2D eigenvalue weighted by atomic mass is 10.0. The van der Waals surface area contributed by atoms with Gasteiger partial charge in [0, 0.05) is 16.5 Å². The van der Waals surface area contributed by atoms with Crippen molar-refractivity contribution in [1.29, 1.82) is 0 Å². The van der Waals surface area contributed by atoms with Gasteiger partial charge in [-0.05, 0) is 43.5 Å². The van der Waals surface area contributed by atoms with E-state index in [1.807, 2.05) is 17.5 Å². The van der Waals surface area contributed by atoms with Crippen molar-refractivity contribution in [2.75, 3.05) is 11.9 Å². The number of nitrogens with zero attached hydrogens (tertiary/aromatic N) is 3. The topological polar surface area (TPSA) is 68.5 Å². The Kier molecular flexibility index (Phi) is 5.55. The summed E-state index contributed by atoms with van der Waals surface area (Å²) in [6.07, 6.45) is 0. The summed E-state index contributed by atoms with van der Waals surface area (Å²) >= 11 is 1.50. The Labute approximate surface area is 179 Å². The second kappa shape index (κ2) is 8.28. The van der Waals surface area contributed by atoms with Crippen molar-refractivity contribution in [3.8, 4) is 17.0 Å². The van der Waals surface area contributed by atoms with E-state index in [1.54, 1.807) is 16.6 Å². The number of hydrogen-bond acceptors (Lipinski definition) is 5. The SMILES string of the molecule is Cc1ccc(-c2csc3nc(NC(=O)c4cccc(OCC(C)C)c4)nn23)c(C)c1. The van der Waals surface area contributed by atoms with Crippen molar-refractivity contribution < 1.29 is 9.53 Å². The lowest BCUT2D eigenvalue weighted by Gasteiger charge is -2.09. The second-order valence-corrected chi connectivity index (χ2v) is 8.59. The van der Waals surface area contributed by atoms with Crippen LogP contribution < -0.4 is 10.1 Å². The van der Waals surface area contributed by atoms with Gasteiger partial charge in [0.25, 0.3) is 11.9 Å². The van der Waals surface area contributed by atoms with Crippen LogP contribution in [0.2, 0.25) is 0 Å². The van der Waals surface area contributed by atoms with Crippen LogP contribution in [-0.4, -0.2) is 27.1 Å². The number of rotatable bonds is 6. The van der Waals surface area contributed by atoms with E-state index >= 15 is 0 Å². The molecule has 0 bridgehead atoms. The molecule has 0 fully saturated rings. The van der Waals surface area contributed by atoms with Gasteiger partial charge in [0.1, 0.15) is 5.75 Å². The van der Waals surface area contributed by atoms with E-state index in [2.05, 4.69) is 61.3 Å². The van der Waals surface area contributed by atoms with Crippen LogP contribution in [-0.2, 0) is 0 Å². The molecule has 0 aliphatic heterocycles. The number of anilines is 1. The molecule has 0 aliphatic carbocycles. The normalized spacial score (nSPS) is 11.2. The van der Waals surface area contributed by atoms with E-state index in [9.17, 15) is 4.79 Å². The van der Waals surface area contributed by atoms with Crippen LogP contribution in [0.5, 0.6) is 5.75 Å². The third kappa shape index (κ3) is 4.21. The van der Waals surface area contributed by atoms with Gasteiger partial charge in [-0.25, -0.2) is 4.52 Å². The first-order valence-electron chi connectivity index (χ1n) is 9.87. The van der Waals surface area contributed by atoms with Gasteiger partial charge in [-0.3, -0.25) is 10.1 Å². The quantitative estimate of drug-likeness (QED) is 0.456. The van der Waals surface area contributed by atoms with Crippen molar-refractivity contribution in [3.63, 3.8) is 0 Å². The van der Waals surface area contributed by atoms with Crippen LogP contribution in [0.25, 0.3) is 16.2 Å². The molecular weight excluding hydrogens is 396 g/mol. The molecular formula is C23H24N4O2S. The number of ether oxygens (including phenoxy) is 1. The second-order valence-electron chi connectivity index (χ2n) is 7.76. The van der Waals surface area contributed by atoms with Crippen molar-refractivity contribution >= 4 is 28.2 Å². The Balaban J connectivity index is 1.56. The highest BCUT2D eigenvalue weighted by Gasteiger charge is 2.16. The molecule has 0 spiro atoms. The molecule has 6 nitrogen and oxygen atoms in total. The fourth-order valence-corrected chi connectivity index (χ4v) is 4.01. The van der Waals surface area contributed by atoms with Gasteiger partial charge < -0.3 is 4.74 Å². The molecule has 0 saturated heterocycles. The Morgan fingerprint density at radius 1 is 1.20 bits per heavy atom. The zero-order chi connectivity index (χ0) is 21.3. The Morgan fingerprint density at radius 3 is 2.80 bits per heavy atom. The predicted molar refractivity (Wildman–Crippen MR) is 121 cm³/mol. The van der Waals surface area contributed by atoms with Crippen LogP contribution in [0.1, 0.15) is 35.3 Å². The van der Waals surface area contributed by atoms with Gasteiger partial charge in [0.15, 0.2) is 0 Å². The number of aryl methyl sites for hydroxylation is 2. The molecule has 4 aromatic rings. The van der Waals surface area contributed by atoms with Gasteiger partial charge >= 0.3 is 0 Å². The minimum Gasteiger partial charge on any atom is -0.493 e. The summed E-state index contributed by atoms with van der Waals surface area (Å²) in [6, 6.07) is 13.5. The third-order valence-corrected chi connectivity index (χ3v) is 5.46. The molecule has 0 aliphatic rings. The maximum absolute atomic E-state index is 12.7. The summed E-state index contributed by atoms with van der Waals surface area (Å²) in [7, 11) is 0. The number of amides is 1. The molecule has 0 unspecified atom stereocenters. The van der Waals surface area contributed by atoms with E-state index < -0.39 is 0 Å². The number of carbonyl (C=O) groups is 1.